The number of allylic oxidation sites excluding steroid dienone is 2. The van der Waals surface area contributed by atoms with Gasteiger partial charge in [0.2, 0.25) is 0 Å². The Labute approximate surface area is 246 Å². The van der Waals surface area contributed by atoms with Gasteiger partial charge < -0.3 is 14.5 Å². The molecule has 5 heteroatoms. The molecule has 0 saturated carbocycles. The van der Waals surface area contributed by atoms with Crippen LogP contribution in [-0.2, 0) is 30.3 Å². The normalized spacial score (nSPS) is 13.3. The van der Waals surface area contributed by atoms with E-state index in [1.807, 2.05) is 18.3 Å². The average Bonchev–Trinajstić information content (AvgIpc) is 3.28. The van der Waals surface area contributed by atoms with E-state index in [4.69, 9.17) is 14.5 Å². The predicted molar refractivity (Wildman–Crippen MR) is 158 cm³/mol. The summed E-state index contributed by atoms with van der Waals surface area (Å²) in [6.07, 6.45) is 3.02. The molecule has 6 aromatic rings. The molecule has 0 atom stereocenters. The number of nitrogens with zero attached hydrogens (tertiary/aromatic N) is 1. The zero-order chi connectivity index (χ0) is 27.3. The zero-order valence-electron chi connectivity index (χ0n) is 22.7. The molecule has 1 aliphatic carbocycles. The van der Waals surface area contributed by atoms with Crippen LogP contribution in [0.5, 0.6) is 0 Å². The Kier molecular flexibility index (Phi) is 7.22. The van der Waals surface area contributed by atoms with Crippen LogP contribution in [0.3, 0.4) is 0 Å². The number of aliphatic hydroxyl groups is 1. The molecule has 0 fully saturated rings. The van der Waals surface area contributed by atoms with Crippen molar-refractivity contribution in [3.05, 3.63) is 114 Å². The maximum absolute atomic E-state index is 10.0. The van der Waals surface area contributed by atoms with Crippen LogP contribution in [0.1, 0.15) is 38.8 Å². The molecule has 0 bridgehead atoms. The molecular weight excluding hydrogens is 675 g/mol. The summed E-state index contributed by atoms with van der Waals surface area (Å²) in [4.78, 5) is 14.9. The minimum atomic E-state index is -0.252. The molecule has 0 spiro atoms. The van der Waals surface area contributed by atoms with Crippen LogP contribution < -0.4 is 0 Å². The molecule has 40 heavy (non-hydrogen) atoms. The van der Waals surface area contributed by atoms with Gasteiger partial charge in [0.05, 0.1) is 5.76 Å². The van der Waals surface area contributed by atoms with E-state index in [1.165, 1.54) is 47.2 Å². The van der Waals surface area contributed by atoms with E-state index >= 15 is 0 Å². The van der Waals surface area contributed by atoms with Crippen LogP contribution >= 0.6 is 0 Å². The molecule has 2 aromatic heterocycles. The fraction of sp³-hybridized carbons (Fsp3) is 0.143. The number of furan rings is 1. The van der Waals surface area contributed by atoms with Crippen molar-refractivity contribution in [3.8, 4) is 22.4 Å². The fourth-order valence-electron chi connectivity index (χ4n) is 5.85. The van der Waals surface area contributed by atoms with Crippen molar-refractivity contribution in [1.29, 1.82) is 0 Å². The van der Waals surface area contributed by atoms with Gasteiger partial charge in [0.25, 0.3) is 0 Å². The molecule has 0 saturated heterocycles. The molecule has 4 nitrogen and oxygen atoms in total. The predicted octanol–water partition coefficient (Wildman–Crippen LogP) is 8.94. The van der Waals surface area contributed by atoms with Crippen molar-refractivity contribution < 1.29 is 34.4 Å². The van der Waals surface area contributed by atoms with E-state index < -0.39 is 0 Å². The van der Waals surface area contributed by atoms with Crippen molar-refractivity contribution in [2.24, 2.45) is 0 Å². The number of carbonyl (C=O) groups excluding carboxylic acids is 1. The number of hydrogen-bond acceptors (Lipinski definition) is 4. The molecule has 4 aromatic carbocycles. The third-order valence-electron chi connectivity index (χ3n) is 7.42. The largest absolute Gasteiger partial charge is 0.512 e. The van der Waals surface area contributed by atoms with Gasteiger partial charge in [0.1, 0.15) is 11.2 Å². The van der Waals surface area contributed by atoms with Crippen molar-refractivity contribution in [1.82, 2.24) is 4.98 Å². The molecular formula is C35H28IrNO3-. The van der Waals surface area contributed by atoms with Gasteiger partial charge in [-0.05, 0) is 42.1 Å². The molecule has 0 aliphatic heterocycles. The van der Waals surface area contributed by atoms with Gasteiger partial charge in [-0.25, -0.2) is 0 Å². The first-order valence-electron chi connectivity index (χ1n) is 13.0. The smallest absolute Gasteiger partial charge is 0.155 e. The molecule has 1 aliphatic rings. The Balaban J connectivity index is 0.000000362. The zero-order valence-corrected chi connectivity index (χ0v) is 25.1. The second kappa shape index (κ2) is 10.5. The van der Waals surface area contributed by atoms with Crippen LogP contribution in [0.25, 0.3) is 55.1 Å². The van der Waals surface area contributed by atoms with Gasteiger partial charge in [0.15, 0.2) is 5.78 Å². The Bertz CT molecular complexity index is 1930. The number of benzene rings is 4. The summed E-state index contributed by atoms with van der Waals surface area (Å²) >= 11 is 0. The van der Waals surface area contributed by atoms with Gasteiger partial charge >= 0.3 is 0 Å². The summed E-state index contributed by atoms with van der Waals surface area (Å²) in [5.41, 5.74) is 8.40. The summed E-state index contributed by atoms with van der Waals surface area (Å²) in [6.45, 7) is 7.47. The third-order valence-corrected chi connectivity index (χ3v) is 7.42. The molecule has 201 valence electrons. The second-order valence-electron chi connectivity index (χ2n) is 10.5. The van der Waals surface area contributed by atoms with Crippen molar-refractivity contribution in [3.63, 3.8) is 0 Å². The van der Waals surface area contributed by atoms with Gasteiger partial charge in [-0.15, -0.1) is 23.3 Å². The van der Waals surface area contributed by atoms with Crippen LogP contribution in [0.4, 0.5) is 0 Å². The van der Waals surface area contributed by atoms with E-state index in [9.17, 15) is 4.79 Å². The number of carbonyl (C=O) groups is 1. The van der Waals surface area contributed by atoms with E-state index in [0.29, 0.717) is 0 Å². The van der Waals surface area contributed by atoms with E-state index in [0.717, 1.165) is 38.9 Å². The summed E-state index contributed by atoms with van der Waals surface area (Å²) < 4.78 is 6.54. The summed E-state index contributed by atoms with van der Waals surface area (Å²) in [5.74, 6) is -0.0625. The van der Waals surface area contributed by atoms with Crippen molar-refractivity contribution in [2.45, 2.75) is 33.1 Å². The first-order valence-corrected chi connectivity index (χ1v) is 13.0. The topological polar surface area (TPSA) is 63.3 Å². The van der Waals surface area contributed by atoms with Gasteiger partial charge in [0, 0.05) is 48.7 Å². The van der Waals surface area contributed by atoms with Gasteiger partial charge in [-0.1, -0.05) is 91.3 Å². The van der Waals surface area contributed by atoms with Gasteiger partial charge in [-0.3, -0.25) is 4.79 Å². The number of aromatic nitrogens is 1. The number of fused-ring (bicyclic) bond motifs is 4. The standard InChI is InChI=1S/C30H20NO.C5H8O2.Ir/c1-30(2)23-15-14-21(18-8-4-3-5-9-18)29-25(23)26-24(32-29)16-17-31-28(26)22-13-12-19-10-6-7-11-20(19)27(22)30;1-4(6)3-5(2)7;/h3-12,14-17H,1-2H3;3,6H,1-2H3;/q-1;;/b;4-3-;. The Hall–Kier alpha value is -4.05. The number of aliphatic hydroxyl groups excluding tert-OH is 1. The quantitative estimate of drug-likeness (QED) is 0.111. The van der Waals surface area contributed by atoms with E-state index in [2.05, 4.69) is 86.6 Å². The summed E-state index contributed by atoms with van der Waals surface area (Å²) in [6, 6.07) is 31.2. The second-order valence-corrected chi connectivity index (χ2v) is 10.5. The molecule has 0 unspecified atom stereocenters. The molecule has 7 rings (SSSR count). The van der Waals surface area contributed by atoms with Gasteiger partial charge in [-0.2, -0.15) is 0 Å². The molecule has 2 heterocycles. The van der Waals surface area contributed by atoms with E-state index in [1.54, 1.807) is 0 Å². The van der Waals surface area contributed by atoms with E-state index in [-0.39, 0.29) is 37.1 Å². The maximum atomic E-state index is 10.0. The average molecular weight is 703 g/mol. The maximum Gasteiger partial charge on any atom is 0.155 e. The minimum Gasteiger partial charge on any atom is -0.512 e. The minimum absolute atomic E-state index is 0. The number of hydrogen-bond donors (Lipinski definition) is 1. The van der Waals surface area contributed by atoms with Crippen molar-refractivity contribution >= 4 is 38.5 Å². The Morgan fingerprint density at radius 1 is 0.950 bits per heavy atom. The summed E-state index contributed by atoms with van der Waals surface area (Å²) in [5, 5.41) is 13.1. The van der Waals surface area contributed by atoms with Crippen LogP contribution in [0.15, 0.2) is 101 Å². The van der Waals surface area contributed by atoms with Crippen molar-refractivity contribution in [2.75, 3.05) is 0 Å². The number of ketones is 1. The van der Waals surface area contributed by atoms with Crippen LogP contribution in [0, 0.1) is 6.07 Å². The summed E-state index contributed by atoms with van der Waals surface area (Å²) in [7, 11) is 0. The molecule has 0 amide bonds. The number of pyridine rings is 1. The van der Waals surface area contributed by atoms with Crippen LogP contribution in [0.2, 0.25) is 0 Å². The van der Waals surface area contributed by atoms with Crippen LogP contribution in [-0.4, -0.2) is 15.9 Å². The molecule has 1 radical (unpaired) electrons. The first kappa shape index (κ1) is 27.5. The Morgan fingerprint density at radius 2 is 1.68 bits per heavy atom. The number of rotatable bonds is 2. The molecule has 1 N–H and O–H groups in total. The monoisotopic (exact) mass is 703 g/mol. The Morgan fingerprint density at radius 3 is 2.38 bits per heavy atom. The SMILES string of the molecule is CC(=O)/C=C(/C)O.CC1(C)c2c([c-]cc3ccccc23)-c2nccc3oc4c(-c5ccccc5)ccc1c4c23.[Ir]. The fourth-order valence-corrected chi connectivity index (χ4v) is 5.85. The first-order chi connectivity index (χ1) is 18.8. The third kappa shape index (κ3) is 4.46.